The van der Waals surface area contributed by atoms with Gasteiger partial charge in [0.2, 0.25) is 0 Å². The van der Waals surface area contributed by atoms with Crippen molar-refractivity contribution in [3.05, 3.63) is 29.8 Å². The molecule has 0 atom stereocenters. The second-order valence-electron chi connectivity index (χ2n) is 5.38. The van der Waals surface area contributed by atoms with Crippen molar-refractivity contribution < 1.29 is 9.53 Å². The van der Waals surface area contributed by atoms with Crippen LogP contribution in [0.2, 0.25) is 0 Å². The van der Waals surface area contributed by atoms with Gasteiger partial charge in [-0.3, -0.25) is 9.69 Å². The second kappa shape index (κ2) is 6.75. The summed E-state index contributed by atoms with van der Waals surface area (Å²) in [7, 11) is 0. The smallest absolute Gasteiger partial charge is 0.254 e. The molecule has 1 amide bonds. The van der Waals surface area contributed by atoms with E-state index >= 15 is 0 Å². The van der Waals surface area contributed by atoms with Crippen LogP contribution >= 0.6 is 0 Å². The van der Waals surface area contributed by atoms with Gasteiger partial charge in [0.05, 0.1) is 6.61 Å². The molecule has 0 bridgehead atoms. The maximum Gasteiger partial charge on any atom is 0.254 e. The third-order valence-electron chi connectivity index (χ3n) is 3.72. The van der Waals surface area contributed by atoms with Crippen LogP contribution in [-0.4, -0.2) is 54.5 Å². The van der Waals surface area contributed by atoms with E-state index in [-0.39, 0.29) is 5.91 Å². The minimum absolute atomic E-state index is 0.106. The highest BCUT2D eigenvalue weighted by atomic mass is 16.5. The normalized spacial score (nSPS) is 16.5. The van der Waals surface area contributed by atoms with Gasteiger partial charge in [0, 0.05) is 37.8 Å². The summed E-state index contributed by atoms with van der Waals surface area (Å²) in [6, 6.07) is 8.01. The molecule has 0 aromatic heterocycles. The lowest BCUT2D eigenvalue weighted by molar-refractivity contribution is 0.0595. The number of amides is 1. The van der Waals surface area contributed by atoms with E-state index in [1.807, 2.05) is 36.1 Å². The standard InChI is InChI=1S/C16H24N2O2/c1-4-20-15-7-5-6-14(12-15)16(19)18-10-8-17(9-11-18)13(2)3/h5-7,12-13H,4,8-11H2,1-3H3. The zero-order chi connectivity index (χ0) is 14.5. The molecular formula is C16H24N2O2. The van der Waals surface area contributed by atoms with Crippen molar-refractivity contribution in [1.29, 1.82) is 0 Å². The predicted octanol–water partition coefficient (Wildman–Crippen LogP) is 2.25. The first kappa shape index (κ1) is 14.9. The number of carbonyl (C=O) groups is 1. The van der Waals surface area contributed by atoms with Gasteiger partial charge in [-0.15, -0.1) is 0 Å². The van der Waals surface area contributed by atoms with Crippen molar-refractivity contribution in [2.45, 2.75) is 26.8 Å². The van der Waals surface area contributed by atoms with Gasteiger partial charge in [-0.25, -0.2) is 0 Å². The molecule has 0 saturated carbocycles. The Morgan fingerprint density at radius 1 is 1.25 bits per heavy atom. The summed E-state index contributed by atoms with van der Waals surface area (Å²) in [6.07, 6.45) is 0. The van der Waals surface area contributed by atoms with Gasteiger partial charge in [0.15, 0.2) is 0 Å². The fourth-order valence-corrected chi connectivity index (χ4v) is 2.51. The van der Waals surface area contributed by atoms with Crippen LogP contribution in [0.5, 0.6) is 5.75 Å². The average molecular weight is 276 g/mol. The molecule has 2 rings (SSSR count). The fraction of sp³-hybridized carbons (Fsp3) is 0.562. The number of ether oxygens (including phenoxy) is 1. The van der Waals surface area contributed by atoms with Crippen molar-refractivity contribution in [1.82, 2.24) is 9.80 Å². The number of carbonyl (C=O) groups excluding carboxylic acids is 1. The molecule has 4 heteroatoms. The largest absolute Gasteiger partial charge is 0.494 e. The first-order valence-electron chi connectivity index (χ1n) is 7.38. The second-order valence-corrected chi connectivity index (χ2v) is 5.38. The summed E-state index contributed by atoms with van der Waals surface area (Å²) >= 11 is 0. The first-order chi connectivity index (χ1) is 9.61. The van der Waals surface area contributed by atoms with Crippen LogP contribution < -0.4 is 4.74 Å². The molecule has 0 spiro atoms. The van der Waals surface area contributed by atoms with Crippen LogP contribution in [0.1, 0.15) is 31.1 Å². The lowest BCUT2D eigenvalue weighted by Gasteiger charge is -2.37. The van der Waals surface area contributed by atoms with E-state index in [1.165, 1.54) is 0 Å². The van der Waals surface area contributed by atoms with E-state index in [9.17, 15) is 4.79 Å². The molecule has 0 unspecified atom stereocenters. The number of benzene rings is 1. The van der Waals surface area contributed by atoms with Gasteiger partial charge in [-0.2, -0.15) is 0 Å². The van der Waals surface area contributed by atoms with Gasteiger partial charge >= 0.3 is 0 Å². The van der Waals surface area contributed by atoms with E-state index in [1.54, 1.807) is 0 Å². The Balaban J connectivity index is 2.00. The van der Waals surface area contributed by atoms with Crippen molar-refractivity contribution in [2.24, 2.45) is 0 Å². The van der Waals surface area contributed by atoms with Gasteiger partial charge in [-0.05, 0) is 39.0 Å². The summed E-state index contributed by atoms with van der Waals surface area (Å²) in [5, 5.41) is 0. The molecule has 1 saturated heterocycles. The Morgan fingerprint density at radius 2 is 1.95 bits per heavy atom. The van der Waals surface area contributed by atoms with E-state index in [2.05, 4.69) is 18.7 Å². The molecule has 0 radical (unpaired) electrons. The van der Waals surface area contributed by atoms with Gasteiger partial charge < -0.3 is 9.64 Å². The molecule has 1 heterocycles. The molecule has 4 nitrogen and oxygen atoms in total. The molecule has 20 heavy (non-hydrogen) atoms. The quantitative estimate of drug-likeness (QED) is 0.845. The third kappa shape index (κ3) is 3.51. The molecule has 1 aromatic rings. The van der Waals surface area contributed by atoms with Crippen molar-refractivity contribution in [3.8, 4) is 5.75 Å². The fourth-order valence-electron chi connectivity index (χ4n) is 2.51. The summed E-state index contributed by atoms with van der Waals surface area (Å²) in [5.41, 5.74) is 0.717. The maximum atomic E-state index is 12.5. The van der Waals surface area contributed by atoms with Gasteiger partial charge in [0.1, 0.15) is 5.75 Å². The Labute approximate surface area is 121 Å². The Hall–Kier alpha value is -1.55. The van der Waals surface area contributed by atoms with Crippen molar-refractivity contribution in [3.63, 3.8) is 0 Å². The Morgan fingerprint density at radius 3 is 2.55 bits per heavy atom. The number of hydrogen-bond donors (Lipinski definition) is 0. The average Bonchev–Trinajstić information content (AvgIpc) is 2.47. The number of piperazine rings is 1. The molecule has 110 valence electrons. The predicted molar refractivity (Wildman–Crippen MR) is 80.2 cm³/mol. The molecule has 1 aliphatic rings. The first-order valence-corrected chi connectivity index (χ1v) is 7.38. The Bertz CT molecular complexity index is 452. The number of rotatable bonds is 4. The van der Waals surface area contributed by atoms with Crippen LogP contribution in [0.25, 0.3) is 0 Å². The summed E-state index contributed by atoms with van der Waals surface area (Å²) in [5.74, 6) is 0.870. The number of hydrogen-bond acceptors (Lipinski definition) is 3. The molecule has 0 aliphatic carbocycles. The Kier molecular flexibility index (Phi) is 5.01. The SMILES string of the molecule is CCOc1cccc(C(=O)N2CCN(C(C)C)CC2)c1. The van der Waals surface area contributed by atoms with Gasteiger partial charge in [-0.1, -0.05) is 6.07 Å². The van der Waals surface area contributed by atoms with Crippen LogP contribution in [0, 0.1) is 0 Å². The lowest BCUT2D eigenvalue weighted by Crippen LogP contribution is -2.50. The highest BCUT2D eigenvalue weighted by Gasteiger charge is 2.23. The summed E-state index contributed by atoms with van der Waals surface area (Å²) in [4.78, 5) is 16.8. The monoisotopic (exact) mass is 276 g/mol. The topological polar surface area (TPSA) is 32.8 Å². The van der Waals surface area contributed by atoms with E-state index in [0.29, 0.717) is 18.2 Å². The summed E-state index contributed by atoms with van der Waals surface area (Å²) in [6.45, 7) is 10.5. The van der Waals surface area contributed by atoms with Crippen molar-refractivity contribution in [2.75, 3.05) is 32.8 Å². The molecular weight excluding hydrogens is 252 g/mol. The third-order valence-corrected chi connectivity index (χ3v) is 3.72. The molecule has 1 aromatic carbocycles. The number of nitrogens with zero attached hydrogens (tertiary/aromatic N) is 2. The molecule has 1 fully saturated rings. The molecule has 1 aliphatic heterocycles. The zero-order valence-electron chi connectivity index (χ0n) is 12.6. The van der Waals surface area contributed by atoms with Crippen LogP contribution in [0.4, 0.5) is 0 Å². The van der Waals surface area contributed by atoms with Crippen LogP contribution in [0.3, 0.4) is 0 Å². The maximum absolute atomic E-state index is 12.5. The summed E-state index contributed by atoms with van der Waals surface area (Å²) < 4.78 is 5.45. The van der Waals surface area contributed by atoms with E-state index in [4.69, 9.17) is 4.74 Å². The zero-order valence-corrected chi connectivity index (χ0v) is 12.6. The molecule has 0 N–H and O–H groups in total. The van der Waals surface area contributed by atoms with E-state index in [0.717, 1.165) is 31.9 Å². The minimum Gasteiger partial charge on any atom is -0.494 e. The van der Waals surface area contributed by atoms with Gasteiger partial charge in [0.25, 0.3) is 5.91 Å². The van der Waals surface area contributed by atoms with Crippen molar-refractivity contribution >= 4 is 5.91 Å². The van der Waals surface area contributed by atoms with Crippen LogP contribution in [-0.2, 0) is 0 Å². The van der Waals surface area contributed by atoms with E-state index < -0.39 is 0 Å². The minimum atomic E-state index is 0.106. The lowest BCUT2D eigenvalue weighted by atomic mass is 10.1. The van der Waals surface area contributed by atoms with Crippen LogP contribution in [0.15, 0.2) is 24.3 Å². The highest BCUT2D eigenvalue weighted by Crippen LogP contribution is 2.16. The highest BCUT2D eigenvalue weighted by molar-refractivity contribution is 5.94.